The Kier molecular flexibility index (Phi) is 10.7. The molecule has 1 saturated carbocycles. The summed E-state index contributed by atoms with van der Waals surface area (Å²) in [6.45, 7) is 2.81. The van der Waals surface area contributed by atoms with Gasteiger partial charge in [0, 0.05) is 29.2 Å². The molecule has 0 aliphatic heterocycles. The molecule has 52 heavy (non-hydrogen) atoms. The number of aryl methyl sites for hydroxylation is 1. The van der Waals surface area contributed by atoms with E-state index >= 15 is 0 Å². The number of nitrogens with one attached hydrogen (secondary N) is 2. The Morgan fingerprint density at radius 2 is 1.46 bits per heavy atom. The number of H-pyrrole nitrogens is 1. The highest BCUT2D eigenvalue weighted by atomic mass is 31.2. The van der Waals surface area contributed by atoms with Crippen LogP contribution >= 0.6 is 7.82 Å². The number of ether oxygens (including phenoxy) is 1. The maximum absolute atomic E-state index is 13.8. The average Bonchev–Trinajstić information content (AvgIpc) is 3.91. The molecule has 0 radical (unpaired) electrons. The normalized spacial score (nSPS) is 13.6. The lowest BCUT2D eigenvalue weighted by Crippen LogP contribution is -2.34. The molecule has 266 valence electrons. The van der Waals surface area contributed by atoms with Gasteiger partial charge < -0.3 is 15.0 Å². The molecule has 5 aromatic carbocycles. The molecule has 1 aliphatic carbocycles. The second-order valence-corrected chi connectivity index (χ2v) is 15.0. The number of carbonyl (C=O) groups is 1. The van der Waals surface area contributed by atoms with E-state index in [4.69, 9.17) is 18.3 Å². The first-order valence-electron chi connectivity index (χ1n) is 17.6. The standard InChI is InChI=1S/C43H43N2O6P/c1-31-13-19-38(41(25-31)48-2)35-16-14-32(15-17-35)27-45-42(46)43(22-23-43)37-18-20-40-39(26-37)36(28-44-40)21-24-49-52(47,50-29-33-9-5-3-6-10-33)51-30-34-11-7-4-8-12-34/h3-20,25-26,28,44H,21-24,27,29-30H2,1-2H3,(H,45,46). The van der Waals surface area contributed by atoms with Gasteiger partial charge in [-0.2, -0.15) is 0 Å². The number of phosphoric ester groups is 1. The SMILES string of the molecule is COc1cc(C)ccc1-c1ccc(CNC(=O)C2(c3ccc4[nH]cc(CCOP(=O)(OCc5ccccc5)OCc5ccccc5)c4c3)CC2)cc1. The van der Waals surface area contributed by atoms with Crippen LogP contribution in [0.4, 0.5) is 0 Å². The second-order valence-electron chi connectivity index (χ2n) is 13.3. The molecule has 1 aliphatic rings. The predicted octanol–water partition coefficient (Wildman–Crippen LogP) is 9.60. The van der Waals surface area contributed by atoms with Gasteiger partial charge in [-0.1, -0.05) is 103 Å². The maximum Gasteiger partial charge on any atom is 0.475 e. The van der Waals surface area contributed by atoms with E-state index in [1.165, 1.54) is 0 Å². The van der Waals surface area contributed by atoms with Crippen molar-refractivity contribution in [1.82, 2.24) is 10.3 Å². The number of benzene rings is 5. The Morgan fingerprint density at radius 3 is 2.10 bits per heavy atom. The Bertz CT molecular complexity index is 2130. The molecular formula is C43H43N2O6P. The fraction of sp³-hybridized carbons (Fsp3) is 0.233. The van der Waals surface area contributed by atoms with Crippen LogP contribution in [0.2, 0.25) is 0 Å². The van der Waals surface area contributed by atoms with Crippen molar-refractivity contribution in [3.05, 3.63) is 161 Å². The third-order valence-electron chi connectivity index (χ3n) is 9.66. The lowest BCUT2D eigenvalue weighted by Gasteiger charge is -2.18. The van der Waals surface area contributed by atoms with Crippen molar-refractivity contribution in [2.75, 3.05) is 13.7 Å². The molecule has 1 amide bonds. The van der Waals surface area contributed by atoms with E-state index in [0.29, 0.717) is 13.0 Å². The quantitative estimate of drug-likeness (QED) is 0.0970. The number of aromatic nitrogens is 1. The molecule has 7 rings (SSSR count). The van der Waals surface area contributed by atoms with Crippen LogP contribution in [0.1, 0.15) is 46.2 Å². The summed E-state index contributed by atoms with van der Waals surface area (Å²) in [5.41, 5.74) is 8.40. The maximum atomic E-state index is 13.8. The Labute approximate surface area is 304 Å². The van der Waals surface area contributed by atoms with Gasteiger partial charge in [0.15, 0.2) is 0 Å². The number of carbonyl (C=O) groups excluding carboxylic acids is 1. The first-order valence-corrected chi connectivity index (χ1v) is 19.0. The van der Waals surface area contributed by atoms with Crippen LogP contribution < -0.4 is 10.1 Å². The van der Waals surface area contributed by atoms with Crippen LogP contribution in [0.25, 0.3) is 22.0 Å². The molecule has 0 unspecified atom stereocenters. The highest BCUT2D eigenvalue weighted by molar-refractivity contribution is 7.48. The molecule has 9 heteroatoms. The van der Waals surface area contributed by atoms with Crippen molar-refractivity contribution in [2.24, 2.45) is 0 Å². The zero-order valence-corrected chi connectivity index (χ0v) is 30.4. The van der Waals surface area contributed by atoms with Crippen molar-refractivity contribution >= 4 is 24.6 Å². The second kappa shape index (κ2) is 15.7. The van der Waals surface area contributed by atoms with E-state index in [1.54, 1.807) is 7.11 Å². The molecule has 0 bridgehead atoms. The highest BCUT2D eigenvalue weighted by Crippen LogP contribution is 2.51. The molecule has 0 atom stereocenters. The summed E-state index contributed by atoms with van der Waals surface area (Å²) in [6, 6.07) is 39.6. The summed E-state index contributed by atoms with van der Waals surface area (Å²) in [7, 11) is -2.21. The van der Waals surface area contributed by atoms with Crippen LogP contribution in [0, 0.1) is 6.92 Å². The lowest BCUT2D eigenvalue weighted by molar-refractivity contribution is -0.123. The first-order chi connectivity index (χ1) is 25.3. The number of fused-ring (bicyclic) bond motifs is 1. The van der Waals surface area contributed by atoms with E-state index in [0.717, 1.165) is 74.0 Å². The summed E-state index contributed by atoms with van der Waals surface area (Å²) in [5.74, 6) is 0.871. The minimum absolute atomic E-state index is 0.0311. The van der Waals surface area contributed by atoms with Gasteiger partial charge in [0.2, 0.25) is 5.91 Å². The number of rotatable bonds is 16. The van der Waals surface area contributed by atoms with E-state index in [-0.39, 0.29) is 25.7 Å². The largest absolute Gasteiger partial charge is 0.496 e. The first kappa shape index (κ1) is 35.4. The molecule has 1 heterocycles. The number of methoxy groups -OCH3 is 1. The number of hydrogen-bond donors (Lipinski definition) is 2. The van der Waals surface area contributed by atoms with Gasteiger partial charge in [-0.3, -0.25) is 18.4 Å². The molecule has 6 aromatic rings. The molecule has 0 spiro atoms. The zero-order chi connectivity index (χ0) is 36.0. The molecule has 1 aromatic heterocycles. The third-order valence-corrected chi connectivity index (χ3v) is 11.1. The third kappa shape index (κ3) is 8.22. The fourth-order valence-corrected chi connectivity index (χ4v) is 7.63. The smallest absolute Gasteiger partial charge is 0.475 e. The summed E-state index contributed by atoms with van der Waals surface area (Å²) in [5, 5.41) is 4.20. The van der Waals surface area contributed by atoms with Crippen LogP contribution in [0.5, 0.6) is 5.75 Å². The number of hydrogen-bond acceptors (Lipinski definition) is 6. The average molecular weight is 715 g/mol. The molecule has 0 saturated heterocycles. The predicted molar refractivity (Wildman–Crippen MR) is 204 cm³/mol. The molecule has 1 fully saturated rings. The van der Waals surface area contributed by atoms with Crippen LogP contribution in [0.3, 0.4) is 0 Å². The minimum Gasteiger partial charge on any atom is -0.496 e. The van der Waals surface area contributed by atoms with Crippen molar-refractivity contribution in [1.29, 1.82) is 0 Å². The molecular weight excluding hydrogens is 671 g/mol. The van der Waals surface area contributed by atoms with Crippen LogP contribution in [0.15, 0.2) is 128 Å². The van der Waals surface area contributed by atoms with Gasteiger partial charge in [-0.25, -0.2) is 4.57 Å². The zero-order valence-electron chi connectivity index (χ0n) is 29.5. The topological polar surface area (TPSA) is 98.9 Å². The van der Waals surface area contributed by atoms with Crippen LogP contribution in [-0.4, -0.2) is 24.6 Å². The van der Waals surface area contributed by atoms with Gasteiger partial charge >= 0.3 is 7.82 Å². The minimum atomic E-state index is -3.89. The van der Waals surface area contributed by atoms with Gasteiger partial charge in [0.05, 0.1) is 32.3 Å². The molecule has 2 N–H and O–H groups in total. The fourth-order valence-electron chi connectivity index (χ4n) is 6.48. The van der Waals surface area contributed by atoms with Crippen molar-refractivity contribution in [3.8, 4) is 16.9 Å². The van der Waals surface area contributed by atoms with Crippen molar-refractivity contribution in [2.45, 2.75) is 51.4 Å². The van der Waals surface area contributed by atoms with Gasteiger partial charge in [0.1, 0.15) is 5.75 Å². The summed E-state index contributed by atoms with van der Waals surface area (Å²) < 4.78 is 36.9. The number of phosphoric acid groups is 1. The van der Waals surface area contributed by atoms with Crippen molar-refractivity contribution in [3.63, 3.8) is 0 Å². The Hall–Kier alpha value is -4.98. The number of aromatic amines is 1. The summed E-state index contributed by atoms with van der Waals surface area (Å²) in [4.78, 5) is 17.0. The van der Waals surface area contributed by atoms with Crippen molar-refractivity contribution < 1.29 is 27.7 Å². The van der Waals surface area contributed by atoms with Gasteiger partial charge in [-0.15, -0.1) is 0 Å². The Balaban J connectivity index is 0.991. The summed E-state index contributed by atoms with van der Waals surface area (Å²) >= 11 is 0. The van der Waals surface area contributed by atoms with Gasteiger partial charge in [0.25, 0.3) is 0 Å². The Morgan fingerprint density at radius 1 is 0.788 bits per heavy atom. The monoisotopic (exact) mass is 714 g/mol. The lowest BCUT2D eigenvalue weighted by atomic mass is 9.93. The number of amides is 1. The van der Waals surface area contributed by atoms with Crippen LogP contribution in [-0.2, 0) is 54.5 Å². The molecule has 8 nitrogen and oxygen atoms in total. The van der Waals surface area contributed by atoms with E-state index < -0.39 is 13.2 Å². The highest BCUT2D eigenvalue weighted by Gasteiger charge is 2.51. The van der Waals surface area contributed by atoms with E-state index in [2.05, 4.69) is 40.6 Å². The van der Waals surface area contributed by atoms with E-state index in [9.17, 15) is 9.36 Å². The van der Waals surface area contributed by atoms with E-state index in [1.807, 2.05) is 104 Å². The summed E-state index contributed by atoms with van der Waals surface area (Å²) in [6.07, 6.45) is 3.99. The van der Waals surface area contributed by atoms with Gasteiger partial charge in [-0.05, 0) is 83.3 Å².